The SMILES string of the molecule is CCOC(=O)CCc1csc(NCCc2ccnn2C)n1. The number of esters is 1. The first-order valence-corrected chi connectivity index (χ1v) is 7.87. The van der Waals surface area contributed by atoms with E-state index in [1.165, 1.54) is 5.69 Å². The third kappa shape index (κ3) is 4.86. The lowest BCUT2D eigenvalue weighted by Gasteiger charge is -2.03. The molecule has 21 heavy (non-hydrogen) atoms. The highest BCUT2D eigenvalue weighted by atomic mass is 32.1. The number of carbonyl (C=O) groups excluding carboxylic acids is 1. The largest absolute Gasteiger partial charge is 0.466 e. The Hall–Kier alpha value is -1.89. The van der Waals surface area contributed by atoms with Gasteiger partial charge in [0.1, 0.15) is 0 Å². The minimum atomic E-state index is -0.170. The molecular weight excluding hydrogens is 288 g/mol. The van der Waals surface area contributed by atoms with Crippen molar-refractivity contribution in [2.45, 2.75) is 26.2 Å². The Labute approximate surface area is 128 Å². The highest BCUT2D eigenvalue weighted by Crippen LogP contribution is 2.16. The van der Waals surface area contributed by atoms with Crippen molar-refractivity contribution in [3.8, 4) is 0 Å². The summed E-state index contributed by atoms with van der Waals surface area (Å²) < 4.78 is 6.77. The van der Waals surface area contributed by atoms with E-state index in [9.17, 15) is 4.79 Å². The van der Waals surface area contributed by atoms with E-state index >= 15 is 0 Å². The fraction of sp³-hybridized carbons (Fsp3) is 0.500. The lowest BCUT2D eigenvalue weighted by atomic mass is 10.2. The van der Waals surface area contributed by atoms with Gasteiger partial charge in [-0.2, -0.15) is 5.10 Å². The molecule has 2 aromatic rings. The van der Waals surface area contributed by atoms with Crippen LogP contribution in [-0.2, 0) is 29.4 Å². The number of ether oxygens (including phenoxy) is 1. The number of nitrogens with zero attached hydrogens (tertiary/aromatic N) is 3. The van der Waals surface area contributed by atoms with Gasteiger partial charge in [-0.05, 0) is 13.0 Å². The number of anilines is 1. The second-order valence-electron chi connectivity index (χ2n) is 4.57. The van der Waals surface area contributed by atoms with Gasteiger partial charge in [-0.3, -0.25) is 9.48 Å². The van der Waals surface area contributed by atoms with Crippen molar-refractivity contribution in [2.75, 3.05) is 18.5 Å². The molecule has 0 atom stereocenters. The maximum absolute atomic E-state index is 11.3. The molecule has 0 aliphatic heterocycles. The fourth-order valence-corrected chi connectivity index (χ4v) is 2.68. The molecule has 0 aliphatic rings. The van der Waals surface area contributed by atoms with Crippen molar-refractivity contribution in [1.82, 2.24) is 14.8 Å². The molecule has 0 unspecified atom stereocenters. The third-order valence-corrected chi connectivity index (χ3v) is 3.87. The van der Waals surface area contributed by atoms with Crippen molar-refractivity contribution >= 4 is 22.4 Å². The second-order valence-corrected chi connectivity index (χ2v) is 5.43. The molecule has 0 saturated carbocycles. The summed E-state index contributed by atoms with van der Waals surface area (Å²) in [6.45, 7) is 3.05. The van der Waals surface area contributed by atoms with Crippen LogP contribution in [0.4, 0.5) is 5.13 Å². The molecular formula is C14H20N4O2S. The van der Waals surface area contributed by atoms with Gasteiger partial charge in [0.2, 0.25) is 0 Å². The number of rotatable bonds is 8. The van der Waals surface area contributed by atoms with Crippen molar-refractivity contribution in [2.24, 2.45) is 7.05 Å². The minimum absolute atomic E-state index is 0.170. The number of hydrogen-bond acceptors (Lipinski definition) is 6. The van der Waals surface area contributed by atoms with Gasteiger partial charge in [0.25, 0.3) is 0 Å². The monoisotopic (exact) mass is 308 g/mol. The first-order valence-electron chi connectivity index (χ1n) is 6.99. The molecule has 2 heterocycles. The summed E-state index contributed by atoms with van der Waals surface area (Å²) in [5, 5.41) is 10.3. The van der Waals surface area contributed by atoms with E-state index in [1.54, 1.807) is 17.5 Å². The standard InChI is InChI=1S/C14H20N4O2S/c1-3-20-13(19)5-4-11-10-21-14(17-11)15-8-6-12-7-9-16-18(12)2/h7,9-10H,3-6,8H2,1-2H3,(H,15,17). The van der Waals surface area contributed by atoms with Crippen LogP contribution < -0.4 is 5.32 Å². The second kappa shape index (κ2) is 7.78. The highest BCUT2D eigenvalue weighted by molar-refractivity contribution is 7.13. The Morgan fingerprint density at radius 1 is 1.48 bits per heavy atom. The molecule has 1 N–H and O–H groups in total. The highest BCUT2D eigenvalue weighted by Gasteiger charge is 2.06. The maximum atomic E-state index is 11.3. The summed E-state index contributed by atoms with van der Waals surface area (Å²) >= 11 is 1.56. The summed E-state index contributed by atoms with van der Waals surface area (Å²) in [7, 11) is 1.94. The van der Waals surface area contributed by atoms with E-state index in [-0.39, 0.29) is 5.97 Å². The van der Waals surface area contributed by atoms with E-state index in [1.807, 2.05) is 30.1 Å². The number of aryl methyl sites for hydroxylation is 2. The van der Waals surface area contributed by atoms with Crippen LogP contribution in [0, 0.1) is 0 Å². The Balaban J connectivity index is 1.73. The number of hydrogen-bond donors (Lipinski definition) is 1. The maximum Gasteiger partial charge on any atom is 0.306 e. The molecule has 0 bridgehead atoms. The summed E-state index contributed by atoms with van der Waals surface area (Å²) in [5.74, 6) is -0.170. The lowest BCUT2D eigenvalue weighted by molar-refractivity contribution is -0.143. The van der Waals surface area contributed by atoms with Gasteiger partial charge >= 0.3 is 5.97 Å². The molecule has 2 aromatic heterocycles. The molecule has 114 valence electrons. The predicted molar refractivity (Wildman–Crippen MR) is 82.5 cm³/mol. The first-order chi connectivity index (χ1) is 10.2. The van der Waals surface area contributed by atoms with Crippen molar-refractivity contribution in [1.29, 1.82) is 0 Å². The lowest BCUT2D eigenvalue weighted by Crippen LogP contribution is -2.08. The van der Waals surface area contributed by atoms with Crippen LogP contribution in [-0.4, -0.2) is 33.9 Å². The van der Waals surface area contributed by atoms with Crippen molar-refractivity contribution in [3.63, 3.8) is 0 Å². The Morgan fingerprint density at radius 3 is 3.05 bits per heavy atom. The van der Waals surface area contributed by atoms with E-state index in [0.29, 0.717) is 19.4 Å². The van der Waals surface area contributed by atoms with E-state index < -0.39 is 0 Å². The van der Waals surface area contributed by atoms with Crippen LogP contribution in [0.2, 0.25) is 0 Å². The van der Waals surface area contributed by atoms with Crippen LogP contribution in [0.25, 0.3) is 0 Å². The smallest absolute Gasteiger partial charge is 0.306 e. The molecule has 0 amide bonds. The predicted octanol–water partition coefficient (Wildman–Crippen LogP) is 2.03. The zero-order valence-electron chi connectivity index (χ0n) is 12.3. The number of aromatic nitrogens is 3. The molecule has 0 saturated heterocycles. The van der Waals surface area contributed by atoms with Gasteiger partial charge in [-0.15, -0.1) is 11.3 Å². The third-order valence-electron chi connectivity index (χ3n) is 3.02. The Morgan fingerprint density at radius 2 is 2.33 bits per heavy atom. The Bertz CT molecular complexity index is 579. The van der Waals surface area contributed by atoms with Crippen LogP contribution in [0.1, 0.15) is 24.7 Å². The van der Waals surface area contributed by atoms with Crippen LogP contribution in [0.3, 0.4) is 0 Å². The summed E-state index contributed by atoms with van der Waals surface area (Å²) in [5.41, 5.74) is 2.11. The summed E-state index contributed by atoms with van der Waals surface area (Å²) in [6, 6.07) is 2.01. The average molecular weight is 308 g/mol. The molecule has 0 radical (unpaired) electrons. The van der Waals surface area contributed by atoms with E-state index in [4.69, 9.17) is 4.74 Å². The molecule has 0 aliphatic carbocycles. The zero-order valence-corrected chi connectivity index (χ0v) is 13.2. The summed E-state index contributed by atoms with van der Waals surface area (Å²) in [6.07, 6.45) is 3.70. The van der Waals surface area contributed by atoms with Crippen molar-refractivity contribution < 1.29 is 9.53 Å². The zero-order chi connectivity index (χ0) is 15.1. The van der Waals surface area contributed by atoms with E-state index in [2.05, 4.69) is 15.4 Å². The van der Waals surface area contributed by atoms with Gasteiger partial charge in [0.05, 0.1) is 18.7 Å². The van der Waals surface area contributed by atoms with Crippen LogP contribution >= 0.6 is 11.3 Å². The topological polar surface area (TPSA) is 69.0 Å². The Kier molecular flexibility index (Phi) is 5.74. The first kappa shape index (κ1) is 15.5. The van der Waals surface area contributed by atoms with Gasteiger partial charge < -0.3 is 10.1 Å². The number of nitrogens with one attached hydrogen (secondary N) is 1. The molecule has 2 rings (SSSR count). The van der Waals surface area contributed by atoms with E-state index in [0.717, 1.165) is 23.8 Å². The fourth-order valence-electron chi connectivity index (χ4n) is 1.91. The molecule has 0 aromatic carbocycles. The summed E-state index contributed by atoms with van der Waals surface area (Å²) in [4.78, 5) is 15.7. The number of carbonyl (C=O) groups is 1. The van der Waals surface area contributed by atoms with Crippen molar-refractivity contribution in [3.05, 3.63) is 29.0 Å². The van der Waals surface area contributed by atoms with Gasteiger partial charge in [-0.1, -0.05) is 0 Å². The molecule has 7 heteroatoms. The molecule has 0 spiro atoms. The minimum Gasteiger partial charge on any atom is -0.466 e. The quantitative estimate of drug-likeness (QED) is 0.756. The molecule has 0 fully saturated rings. The van der Waals surface area contributed by atoms with Crippen LogP contribution in [0.15, 0.2) is 17.6 Å². The van der Waals surface area contributed by atoms with Gasteiger partial charge in [0, 0.05) is 43.7 Å². The van der Waals surface area contributed by atoms with Gasteiger partial charge in [0.15, 0.2) is 5.13 Å². The van der Waals surface area contributed by atoms with Crippen LogP contribution in [0.5, 0.6) is 0 Å². The number of thiazole rings is 1. The molecule has 6 nitrogen and oxygen atoms in total. The van der Waals surface area contributed by atoms with Gasteiger partial charge in [-0.25, -0.2) is 4.98 Å². The average Bonchev–Trinajstić information content (AvgIpc) is 3.07. The normalized spacial score (nSPS) is 10.6.